The quantitative estimate of drug-likeness (QED) is 0.163. The second-order valence-electron chi connectivity index (χ2n) is 15.9. The van der Waals surface area contributed by atoms with Crippen LogP contribution in [0.15, 0.2) is 211 Å². The predicted molar refractivity (Wildman–Crippen MR) is 256 cm³/mol. The number of para-hydroxylation sites is 2. The predicted octanol–water partition coefficient (Wildman–Crippen LogP) is 15.0. The third-order valence-corrected chi connectivity index (χ3v) is 12.4. The standard InChI is InChI=1S/C57H34N4O/c1-3-16-35(17-4-1)38-25-14-29-49-52(38)47-28-13-27-45(44-26-15-31-51-53(44)46-24-11-12-30-50(46)62-51)54(47)61(49)57-59-55(36-18-5-2-6-19-36)58-56(60-57)37-32-33-43-41-22-8-7-20-39(41)40-21-9-10-23-42(40)48(43)34-37/h1-34H. The summed E-state index contributed by atoms with van der Waals surface area (Å²) in [6, 6.07) is 72.7. The molecule has 0 N–H and O–H groups in total. The van der Waals surface area contributed by atoms with Crippen LogP contribution >= 0.6 is 0 Å². The third-order valence-electron chi connectivity index (χ3n) is 12.4. The molecule has 0 saturated carbocycles. The van der Waals surface area contributed by atoms with Crippen molar-refractivity contribution in [2.75, 3.05) is 0 Å². The summed E-state index contributed by atoms with van der Waals surface area (Å²) in [4.78, 5) is 16.1. The molecule has 5 nitrogen and oxygen atoms in total. The first kappa shape index (κ1) is 34.5. The van der Waals surface area contributed by atoms with E-state index in [1.165, 1.54) is 26.9 Å². The van der Waals surface area contributed by atoms with Crippen molar-refractivity contribution in [1.82, 2.24) is 19.5 Å². The largest absolute Gasteiger partial charge is 0.456 e. The first-order chi connectivity index (χ1) is 30.8. The second-order valence-corrected chi connectivity index (χ2v) is 15.9. The van der Waals surface area contributed by atoms with Crippen molar-refractivity contribution in [3.63, 3.8) is 0 Å². The van der Waals surface area contributed by atoms with Crippen molar-refractivity contribution in [1.29, 1.82) is 0 Å². The van der Waals surface area contributed by atoms with Gasteiger partial charge in [0, 0.05) is 38.2 Å². The maximum atomic E-state index is 6.45. The minimum absolute atomic E-state index is 0.541. The van der Waals surface area contributed by atoms with E-state index >= 15 is 0 Å². The monoisotopic (exact) mass is 790 g/mol. The van der Waals surface area contributed by atoms with Gasteiger partial charge in [0.25, 0.3) is 0 Å². The van der Waals surface area contributed by atoms with Gasteiger partial charge in [-0.3, -0.25) is 4.57 Å². The van der Waals surface area contributed by atoms with Crippen molar-refractivity contribution in [2.45, 2.75) is 0 Å². The van der Waals surface area contributed by atoms with Crippen LogP contribution in [0, 0.1) is 0 Å². The van der Waals surface area contributed by atoms with E-state index in [4.69, 9.17) is 19.4 Å². The smallest absolute Gasteiger partial charge is 0.238 e. The minimum atomic E-state index is 0.541. The highest BCUT2D eigenvalue weighted by Crippen LogP contribution is 2.45. The average molecular weight is 791 g/mol. The van der Waals surface area contributed by atoms with E-state index in [1.54, 1.807) is 0 Å². The Bertz CT molecular complexity index is 3890. The van der Waals surface area contributed by atoms with Crippen LogP contribution in [0.25, 0.3) is 127 Å². The number of benzene rings is 10. The van der Waals surface area contributed by atoms with Crippen molar-refractivity contribution in [3.8, 4) is 51.0 Å². The van der Waals surface area contributed by atoms with E-state index in [0.717, 1.165) is 82.5 Å². The van der Waals surface area contributed by atoms with Crippen LogP contribution < -0.4 is 0 Å². The lowest BCUT2D eigenvalue weighted by atomic mass is 9.93. The summed E-state index contributed by atoms with van der Waals surface area (Å²) >= 11 is 0. The topological polar surface area (TPSA) is 56.7 Å². The van der Waals surface area contributed by atoms with Gasteiger partial charge < -0.3 is 4.42 Å². The van der Waals surface area contributed by atoms with Crippen molar-refractivity contribution in [3.05, 3.63) is 206 Å². The molecule has 0 unspecified atom stereocenters. The van der Waals surface area contributed by atoms with Gasteiger partial charge in [-0.15, -0.1) is 0 Å². The van der Waals surface area contributed by atoms with Gasteiger partial charge in [0.2, 0.25) is 5.95 Å². The van der Waals surface area contributed by atoms with Gasteiger partial charge in [-0.2, -0.15) is 9.97 Å². The van der Waals surface area contributed by atoms with Crippen molar-refractivity contribution < 1.29 is 4.42 Å². The third kappa shape index (κ3) is 5.18. The van der Waals surface area contributed by atoms with Gasteiger partial charge in [0.1, 0.15) is 11.2 Å². The van der Waals surface area contributed by atoms with Gasteiger partial charge in [0.15, 0.2) is 11.6 Å². The molecule has 10 aromatic carbocycles. The first-order valence-corrected chi connectivity index (χ1v) is 20.9. The first-order valence-electron chi connectivity index (χ1n) is 20.9. The van der Waals surface area contributed by atoms with Gasteiger partial charge in [-0.05, 0) is 73.3 Å². The Hall–Kier alpha value is -8.41. The highest BCUT2D eigenvalue weighted by molar-refractivity contribution is 6.26. The Balaban J connectivity index is 1.15. The maximum absolute atomic E-state index is 6.45. The van der Waals surface area contributed by atoms with Crippen LogP contribution in [0.1, 0.15) is 0 Å². The van der Waals surface area contributed by atoms with Crippen LogP contribution in [0.2, 0.25) is 0 Å². The second kappa shape index (κ2) is 13.6. The number of hydrogen-bond donors (Lipinski definition) is 0. The zero-order valence-corrected chi connectivity index (χ0v) is 33.3. The number of fused-ring (bicyclic) bond motifs is 12. The Morgan fingerprint density at radius 3 is 1.60 bits per heavy atom. The number of hydrogen-bond acceptors (Lipinski definition) is 4. The molecule has 3 heterocycles. The Morgan fingerprint density at radius 2 is 0.855 bits per heavy atom. The van der Waals surface area contributed by atoms with Gasteiger partial charge in [-0.1, -0.05) is 182 Å². The number of furan rings is 1. The highest BCUT2D eigenvalue weighted by Gasteiger charge is 2.24. The fraction of sp³-hybridized carbons (Fsp3) is 0. The molecule has 0 atom stereocenters. The Morgan fingerprint density at radius 1 is 0.323 bits per heavy atom. The summed E-state index contributed by atoms with van der Waals surface area (Å²) in [5, 5.41) is 11.6. The van der Waals surface area contributed by atoms with E-state index in [2.05, 4.69) is 180 Å². The molecule has 0 fully saturated rings. The summed E-state index contributed by atoms with van der Waals surface area (Å²) in [6.07, 6.45) is 0. The number of rotatable bonds is 5. The zero-order valence-electron chi connectivity index (χ0n) is 33.3. The molecule has 0 radical (unpaired) electrons. The highest BCUT2D eigenvalue weighted by atomic mass is 16.3. The zero-order chi connectivity index (χ0) is 40.7. The van der Waals surface area contributed by atoms with Crippen LogP contribution in [-0.4, -0.2) is 19.5 Å². The van der Waals surface area contributed by atoms with Crippen LogP contribution in [0.5, 0.6) is 0 Å². The molecular formula is C57H34N4O. The average Bonchev–Trinajstić information content (AvgIpc) is 3.91. The molecule has 0 spiro atoms. The fourth-order valence-corrected chi connectivity index (χ4v) is 9.76. The molecule has 0 bridgehead atoms. The minimum Gasteiger partial charge on any atom is -0.456 e. The van der Waals surface area contributed by atoms with Crippen LogP contribution in [-0.2, 0) is 0 Å². The van der Waals surface area contributed by atoms with E-state index in [9.17, 15) is 0 Å². The molecule has 0 aliphatic carbocycles. The lowest BCUT2D eigenvalue weighted by Gasteiger charge is -2.14. The van der Waals surface area contributed by atoms with Crippen LogP contribution in [0.4, 0.5) is 0 Å². The lowest BCUT2D eigenvalue weighted by Crippen LogP contribution is -2.07. The Labute approximate surface area is 355 Å². The Kier molecular flexibility index (Phi) is 7.54. The molecule has 13 rings (SSSR count). The van der Waals surface area contributed by atoms with Gasteiger partial charge in [-0.25, -0.2) is 4.98 Å². The summed E-state index contributed by atoms with van der Waals surface area (Å²) < 4.78 is 8.71. The van der Waals surface area contributed by atoms with Crippen molar-refractivity contribution in [2.24, 2.45) is 0 Å². The molecule has 288 valence electrons. The number of aromatic nitrogens is 4. The molecule has 0 saturated heterocycles. The molecule has 0 amide bonds. The van der Waals surface area contributed by atoms with E-state index in [-0.39, 0.29) is 0 Å². The van der Waals surface area contributed by atoms with E-state index in [1.807, 2.05) is 30.3 Å². The van der Waals surface area contributed by atoms with Crippen molar-refractivity contribution >= 4 is 76.1 Å². The summed E-state index contributed by atoms with van der Waals surface area (Å²) in [6.45, 7) is 0. The summed E-state index contributed by atoms with van der Waals surface area (Å²) in [5.74, 6) is 1.74. The molecule has 0 aliphatic heterocycles. The normalized spacial score (nSPS) is 11.9. The van der Waals surface area contributed by atoms with Gasteiger partial charge >= 0.3 is 0 Å². The molecular weight excluding hydrogens is 757 g/mol. The summed E-state index contributed by atoms with van der Waals surface area (Å²) in [5.41, 5.74) is 9.97. The maximum Gasteiger partial charge on any atom is 0.238 e. The van der Waals surface area contributed by atoms with Gasteiger partial charge in [0.05, 0.1) is 11.0 Å². The fourth-order valence-electron chi connectivity index (χ4n) is 9.76. The molecule has 3 aromatic heterocycles. The molecule has 62 heavy (non-hydrogen) atoms. The molecule has 5 heteroatoms. The summed E-state index contributed by atoms with van der Waals surface area (Å²) in [7, 11) is 0. The molecule has 13 aromatic rings. The van der Waals surface area contributed by atoms with E-state index in [0.29, 0.717) is 17.6 Å². The lowest BCUT2D eigenvalue weighted by molar-refractivity contribution is 0.669. The number of nitrogens with zero attached hydrogens (tertiary/aromatic N) is 4. The van der Waals surface area contributed by atoms with Crippen LogP contribution in [0.3, 0.4) is 0 Å². The van der Waals surface area contributed by atoms with E-state index < -0.39 is 0 Å². The molecule has 0 aliphatic rings. The SMILES string of the molecule is c1ccc(-c2nc(-c3ccc4c5ccccc5c5ccccc5c4c3)nc(-n3c4cccc(-c5ccccc5)c4c4cccc(-c5cccc6oc7ccccc7c56)c43)n2)cc1.